The lowest BCUT2D eigenvalue weighted by Crippen LogP contribution is -2.19. The first-order valence-electron chi connectivity index (χ1n) is 7.23. The van der Waals surface area contributed by atoms with Gasteiger partial charge in [-0.2, -0.15) is 0 Å². The molecule has 0 atom stereocenters. The van der Waals surface area contributed by atoms with Gasteiger partial charge in [0.1, 0.15) is 12.4 Å². The van der Waals surface area contributed by atoms with Crippen LogP contribution < -0.4 is 10.1 Å². The van der Waals surface area contributed by atoms with E-state index in [9.17, 15) is 0 Å². The van der Waals surface area contributed by atoms with Gasteiger partial charge in [-0.15, -0.1) is 0 Å². The van der Waals surface area contributed by atoms with E-state index in [0.717, 1.165) is 24.9 Å². The highest BCUT2D eigenvalue weighted by Crippen LogP contribution is 2.19. The molecule has 1 fully saturated rings. The van der Waals surface area contributed by atoms with Gasteiger partial charge in [0.15, 0.2) is 0 Å². The number of hydrogen-bond acceptors (Lipinski definition) is 3. The van der Waals surface area contributed by atoms with Crippen molar-refractivity contribution in [2.24, 2.45) is 0 Å². The molecule has 0 amide bonds. The largest absolute Gasteiger partial charge is 0.492 e. The van der Waals surface area contributed by atoms with Gasteiger partial charge >= 0.3 is 0 Å². The number of aromatic nitrogens is 2. The average molecular weight is 271 g/mol. The summed E-state index contributed by atoms with van der Waals surface area (Å²) in [5, 5.41) is 3.51. The molecule has 0 spiro atoms. The summed E-state index contributed by atoms with van der Waals surface area (Å²) in [5.41, 5.74) is 2.45. The highest BCUT2D eigenvalue weighted by molar-refractivity contribution is 5.27. The van der Waals surface area contributed by atoms with Crippen molar-refractivity contribution >= 4 is 0 Å². The molecule has 0 radical (unpaired) electrons. The van der Waals surface area contributed by atoms with Crippen LogP contribution in [0.15, 0.2) is 36.8 Å². The maximum Gasteiger partial charge on any atom is 0.119 e. The Morgan fingerprint density at radius 1 is 1.40 bits per heavy atom. The van der Waals surface area contributed by atoms with Gasteiger partial charge in [-0.1, -0.05) is 12.1 Å². The number of benzene rings is 1. The van der Waals surface area contributed by atoms with E-state index in [-0.39, 0.29) is 0 Å². The molecule has 4 nitrogen and oxygen atoms in total. The fraction of sp³-hybridized carbons (Fsp3) is 0.438. The molecule has 1 N–H and O–H groups in total. The standard InChI is InChI=1S/C16H21N3O/c1-13-3-2-4-16(9-13)20-8-7-19-12-17-10-15(19)11-18-14-5-6-14/h2-4,9-10,12,14,18H,5-8,11H2,1H3. The van der Waals surface area contributed by atoms with Gasteiger partial charge in [0.25, 0.3) is 0 Å². The Morgan fingerprint density at radius 3 is 3.10 bits per heavy atom. The van der Waals surface area contributed by atoms with Crippen molar-refractivity contribution in [1.29, 1.82) is 0 Å². The molecule has 0 unspecified atom stereocenters. The van der Waals surface area contributed by atoms with Gasteiger partial charge in [0.05, 0.1) is 18.6 Å². The molecule has 1 heterocycles. The third-order valence-corrected chi connectivity index (χ3v) is 3.54. The van der Waals surface area contributed by atoms with E-state index in [4.69, 9.17) is 4.74 Å². The summed E-state index contributed by atoms with van der Waals surface area (Å²) in [6.45, 7) is 4.46. The molecule has 0 saturated heterocycles. The van der Waals surface area contributed by atoms with Crippen LogP contribution in [0, 0.1) is 6.92 Å². The second-order valence-electron chi connectivity index (χ2n) is 5.40. The fourth-order valence-electron chi connectivity index (χ4n) is 2.20. The van der Waals surface area contributed by atoms with Crippen molar-refractivity contribution in [1.82, 2.24) is 14.9 Å². The first-order valence-corrected chi connectivity index (χ1v) is 7.23. The van der Waals surface area contributed by atoms with Gasteiger partial charge < -0.3 is 14.6 Å². The molecule has 4 heteroatoms. The van der Waals surface area contributed by atoms with Crippen LogP contribution in [0.2, 0.25) is 0 Å². The summed E-state index contributed by atoms with van der Waals surface area (Å²) >= 11 is 0. The van der Waals surface area contributed by atoms with E-state index < -0.39 is 0 Å². The second kappa shape index (κ2) is 6.09. The Kier molecular flexibility index (Phi) is 4.02. The number of nitrogens with zero attached hydrogens (tertiary/aromatic N) is 2. The lowest BCUT2D eigenvalue weighted by atomic mass is 10.2. The average Bonchev–Trinajstić information content (AvgIpc) is 3.16. The third kappa shape index (κ3) is 3.61. The minimum Gasteiger partial charge on any atom is -0.492 e. The van der Waals surface area contributed by atoms with E-state index in [1.807, 2.05) is 24.7 Å². The monoisotopic (exact) mass is 271 g/mol. The van der Waals surface area contributed by atoms with Crippen molar-refractivity contribution in [2.75, 3.05) is 6.61 Å². The summed E-state index contributed by atoms with van der Waals surface area (Å²) in [5.74, 6) is 0.933. The summed E-state index contributed by atoms with van der Waals surface area (Å²) < 4.78 is 7.94. The van der Waals surface area contributed by atoms with Crippen molar-refractivity contribution in [3.05, 3.63) is 48.0 Å². The Morgan fingerprint density at radius 2 is 2.30 bits per heavy atom. The lowest BCUT2D eigenvalue weighted by molar-refractivity contribution is 0.296. The van der Waals surface area contributed by atoms with Gasteiger partial charge in [0.2, 0.25) is 0 Å². The Hall–Kier alpha value is -1.81. The van der Waals surface area contributed by atoms with E-state index in [1.54, 1.807) is 0 Å². The fourth-order valence-corrected chi connectivity index (χ4v) is 2.20. The predicted octanol–water partition coefficient (Wildman–Crippen LogP) is 2.52. The van der Waals surface area contributed by atoms with E-state index in [1.165, 1.54) is 24.1 Å². The zero-order chi connectivity index (χ0) is 13.8. The number of ether oxygens (including phenoxy) is 1. The molecule has 1 aromatic carbocycles. The van der Waals surface area contributed by atoms with Crippen LogP contribution in [-0.4, -0.2) is 22.2 Å². The van der Waals surface area contributed by atoms with Gasteiger partial charge in [-0.25, -0.2) is 4.98 Å². The predicted molar refractivity (Wildman–Crippen MR) is 78.8 cm³/mol. The highest BCUT2D eigenvalue weighted by atomic mass is 16.5. The van der Waals surface area contributed by atoms with E-state index in [2.05, 4.69) is 33.9 Å². The molecule has 0 bridgehead atoms. The Bertz CT molecular complexity index is 560. The molecule has 3 rings (SSSR count). The van der Waals surface area contributed by atoms with Crippen LogP contribution >= 0.6 is 0 Å². The molecule has 0 aliphatic heterocycles. The number of hydrogen-bond donors (Lipinski definition) is 1. The quantitative estimate of drug-likeness (QED) is 0.841. The Labute approximate surface area is 119 Å². The molecule has 20 heavy (non-hydrogen) atoms. The minimum atomic E-state index is 0.663. The van der Waals surface area contributed by atoms with Gasteiger partial charge in [-0.3, -0.25) is 0 Å². The summed E-state index contributed by atoms with van der Waals surface area (Å²) in [4.78, 5) is 4.23. The summed E-state index contributed by atoms with van der Waals surface area (Å²) in [7, 11) is 0. The van der Waals surface area contributed by atoms with Crippen LogP contribution in [0.1, 0.15) is 24.1 Å². The first kappa shape index (κ1) is 13.2. The zero-order valence-corrected chi connectivity index (χ0v) is 11.9. The molecule has 1 aromatic heterocycles. The normalized spacial score (nSPS) is 14.4. The number of imidazole rings is 1. The maximum atomic E-state index is 5.78. The van der Waals surface area contributed by atoms with Crippen molar-refractivity contribution in [3.63, 3.8) is 0 Å². The summed E-state index contributed by atoms with van der Waals surface area (Å²) in [6, 6.07) is 8.87. The van der Waals surface area contributed by atoms with Crippen LogP contribution in [0.25, 0.3) is 0 Å². The number of nitrogens with one attached hydrogen (secondary N) is 1. The third-order valence-electron chi connectivity index (χ3n) is 3.54. The smallest absolute Gasteiger partial charge is 0.119 e. The number of aryl methyl sites for hydroxylation is 1. The first-order chi connectivity index (χ1) is 9.81. The highest BCUT2D eigenvalue weighted by Gasteiger charge is 2.20. The van der Waals surface area contributed by atoms with Crippen molar-refractivity contribution in [3.8, 4) is 5.75 Å². The van der Waals surface area contributed by atoms with Gasteiger partial charge in [0, 0.05) is 18.8 Å². The van der Waals surface area contributed by atoms with E-state index in [0.29, 0.717) is 6.61 Å². The SMILES string of the molecule is Cc1cccc(OCCn2cncc2CNC2CC2)c1. The van der Waals surface area contributed by atoms with Crippen LogP contribution in [0.4, 0.5) is 0 Å². The maximum absolute atomic E-state index is 5.78. The van der Waals surface area contributed by atoms with Crippen LogP contribution in [0.3, 0.4) is 0 Å². The summed E-state index contributed by atoms with van der Waals surface area (Å²) in [6.07, 6.45) is 6.43. The van der Waals surface area contributed by atoms with E-state index >= 15 is 0 Å². The molecule has 1 aliphatic rings. The van der Waals surface area contributed by atoms with Crippen molar-refractivity contribution < 1.29 is 4.74 Å². The molecule has 106 valence electrons. The minimum absolute atomic E-state index is 0.663. The lowest BCUT2D eigenvalue weighted by Gasteiger charge is -2.10. The molecular weight excluding hydrogens is 250 g/mol. The van der Waals surface area contributed by atoms with Crippen LogP contribution in [-0.2, 0) is 13.1 Å². The molecule has 1 aliphatic carbocycles. The zero-order valence-electron chi connectivity index (χ0n) is 11.9. The molecule has 2 aromatic rings. The molecular formula is C16H21N3O. The topological polar surface area (TPSA) is 39.1 Å². The van der Waals surface area contributed by atoms with Crippen molar-refractivity contribution in [2.45, 2.75) is 38.9 Å². The number of rotatable bonds is 7. The van der Waals surface area contributed by atoms with Crippen LogP contribution in [0.5, 0.6) is 5.75 Å². The van der Waals surface area contributed by atoms with Gasteiger partial charge in [-0.05, 0) is 37.5 Å². The second-order valence-corrected chi connectivity index (χ2v) is 5.40. The Balaban J connectivity index is 1.49. The molecule has 1 saturated carbocycles.